The van der Waals surface area contributed by atoms with Crippen LogP contribution in [0.1, 0.15) is 48.6 Å². The number of amides is 4. The van der Waals surface area contributed by atoms with Crippen LogP contribution in [0.5, 0.6) is 0 Å². The van der Waals surface area contributed by atoms with Gasteiger partial charge < -0.3 is 17.7 Å². The lowest BCUT2D eigenvalue weighted by Gasteiger charge is -2.29. The number of rotatable bonds is 3. The standard InChI is InChI=1S/C30H20N2O8/c33-23-7-3-15(29(35)31-23)18-11-38-22-6-2-17-20(13-40-28(17)26(18)22)32-24(34)8-4-16(30(32)36)19-12-39-21-5-1-14-9-10-37-27(14)25(19)21/h1-2,5-6,9-13,15-16H,3-4,7-8H2,(H,31,33,35)/t15-,16+/m1/s1. The second-order valence-corrected chi connectivity index (χ2v) is 10.3. The largest absolute Gasteiger partial charge is 0.464 e. The average Bonchev–Trinajstić information content (AvgIpc) is 3.73. The van der Waals surface area contributed by atoms with Gasteiger partial charge in [0.2, 0.25) is 23.6 Å². The van der Waals surface area contributed by atoms with Crippen LogP contribution in [0.2, 0.25) is 0 Å². The maximum atomic E-state index is 14.0. The number of hydrogen-bond donors (Lipinski definition) is 1. The molecule has 0 unspecified atom stereocenters. The van der Waals surface area contributed by atoms with Crippen molar-refractivity contribution in [1.29, 1.82) is 0 Å². The lowest BCUT2D eigenvalue weighted by Crippen LogP contribution is -2.44. The van der Waals surface area contributed by atoms with E-state index in [4.69, 9.17) is 17.7 Å². The van der Waals surface area contributed by atoms with Crippen LogP contribution >= 0.6 is 0 Å². The summed E-state index contributed by atoms with van der Waals surface area (Å²) < 4.78 is 23.2. The molecule has 0 saturated carbocycles. The number of nitrogens with zero attached hydrogens (tertiary/aromatic N) is 1. The van der Waals surface area contributed by atoms with Crippen LogP contribution in [0.3, 0.4) is 0 Å². The second-order valence-electron chi connectivity index (χ2n) is 10.3. The number of carbonyl (C=O) groups excluding carboxylic acids is 4. The van der Waals surface area contributed by atoms with Crippen molar-refractivity contribution in [3.8, 4) is 0 Å². The van der Waals surface area contributed by atoms with Crippen molar-refractivity contribution in [3.05, 3.63) is 66.5 Å². The third-order valence-corrected chi connectivity index (χ3v) is 8.12. The number of piperidine rings is 2. The second kappa shape index (κ2) is 8.19. The van der Waals surface area contributed by atoms with Crippen molar-refractivity contribution in [2.24, 2.45) is 0 Å². The van der Waals surface area contributed by atoms with E-state index in [0.29, 0.717) is 62.8 Å². The van der Waals surface area contributed by atoms with Crippen LogP contribution in [-0.2, 0) is 19.2 Å². The van der Waals surface area contributed by atoms with Gasteiger partial charge in [-0.3, -0.25) is 24.5 Å². The van der Waals surface area contributed by atoms with Gasteiger partial charge in [0.1, 0.15) is 28.6 Å². The molecule has 10 heteroatoms. The van der Waals surface area contributed by atoms with Gasteiger partial charge in [0.05, 0.1) is 47.1 Å². The molecule has 0 spiro atoms. The summed E-state index contributed by atoms with van der Waals surface area (Å²) in [5.41, 5.74) is 3.71. The fourth-order valence-corrected chi connectivity index (χ4v) is 6.20. The van der Waals surface area contributed by atoms with E-state index in [-0.39, 0.29) is 30.6 Å². The maximum Gasteiger partial charge on any atom is 0.241 e. The molecular weight excluding hydrogens is 516 g/mol. The highest BCUT2D eigenvalue weighted by atomic mass is 16.3. The Morgan fingerprint density at radius 3 is 2.25 bits per heavy atom. The van der Waals surface area contributed by atoms with Gasteiger partial charge in [0, 0.05) is 34.7 Å². The highest BCUT2D eigenvalue weighted by Gasteiger charge is 2.40. The summed E-state index contributed by atoms with van der Waals surface area (Å²) in [6, 6.07) is 9.04. The molecule has 8 rings (SSSR count). The lowest BCUT2D eigenvalue weighted by molar-refractivity contribution is -0.134. The van der Waals surface area contributed by atoms with E-state index in [1.807, 2.05) is 18.2 Å². The quantitative estimate of drug-likeness (QED) is 0.288. The van der Waals surface area contributed by atoms with Crippen molar-refractivity contribution in [2.75, 3.05) is 4.90 Å². The van der Waals surface area contributed by atoms with E-state index in [0.717, 1.165) is 10.8 Å². The minimum atomic E-state index is -0.628. The molecular formula is C30H20N2O8. The lowest BCUT2D eigenvalue weighted by atomic mass is 9.88. The number of imide groups is 2. The van der Waals surface area contributed by atoms with Crippen molar-refractivity contribution in [1.82, 2.24) is 5.32 Å². The number of hydrogen-bond acceptors (Lipinski definition) is 8. The summed E-state index contributed by atoms with van der Waals surface area (Å²) in [5, 5.41) is 5.11. The van der Waals surface area contributed by atoms with E-state index in [9.17, 15) is 19.2 Å². The van der Waals surface area contributed by atoms with Gasteiger partial charge in [-0.1, -0.05) is 0 Å². The number of benzene rings is 2. The predicted octanol–water partition coefficient (Wildman–Crippen LogP) is 5.63. The highest BCUT2D eigenvalue weighted by Crippen LogP contribution is 2.44. The molecule has 2 atom stereocenters. The summed E-state index contributed by atoms with van der Waals surface area (Å²) in [7, 11) is 0. The molecule has 4 amide bonds. The fraction of sp³-hybridized carbons (Fsp3) is 0.200. The van der Waals surface area contributed by atoms with Gasteiger partial charge in [-0.05, 0) is 43.2 Å². The van der Waals surface area contributed by atoms with Crippen molar-refractivity contribution in [3.63, 3.8) is 0 Å². The zero-order chi connectivity index (χ0) is 27.1. The fourth-order valence-electron chi connectivity index (χ4n) is 6.20. The van der Waals surface area contributed by atoms with Gasteiger partial charge in [-0.25, -0.2) is 4.90 Å². The third kappa shape index (κ3) is 3.10. The Morgan fingerprint density at radius 1 is 0.725 bits per heavy atom. The van der Waals surface area contributed by atoms with Crippen molar-refractivity contribution < 1.29 is 36.8 Å². The summed E-state index contributed by atoms with van der Waals surface area (Å²) in [5.74, 6) is -2.65. The number of furan rings is 4. The summed E-state index contributed by atoms with van der Waals surface area (Å²) in [4.78, 5) is 52.7. The average molecular weight is 536 g/mol. The molecule has 0 radical (unpaired) electrons. The van der Waals surface area contributed by atoms with E-state index < -0.39 is 17.7 Å². The van der Waals surface area contributed by atoms with Crippen LogP contribution in [0.4, 0.5) is 5.69 Å². The molecule has 4 aromatic heterocycles. The normalized spacial score (nSPS) is 20.4. The summed E-state index contributed by atoms with van der Waals surface area (Å²) >= 11 is 0. The smallest absolute Gasteiger partial charge is 0.241 e. The first kappa shape index (κ1) is 22.8. The molecule has 0 bridgehead atoms. The Labute approximate surface area is 224 Å². The summed E-state index contributed by atoms with van der Waals surface area (Å²) in [6.45, 7) is 0. The summed E-state index contributed by atoms with van der Waals surface area (Å²) in [6.07, 6.45) is 7.10. The van der Waals surface area contributed by atoms with Gasteiger partial charge in [-0.15, -0.1) is 0 Å². The van der Waals surface area contributed by atoms with E-state index in [1.165, 1.54) is 17.4 Å². The molecule has 2 aliphatic heterocycles. The Hall–Kier alpha value is -5.12. The number of anilines is 1. The molecule has 6 aromatic rings. The molecule has 6 heterocycles. The molecule has 2 aliphatic rings. The Morgan fingerprint density at radius 2 is 1.45 bits per heavy atom. The maximum absolute atomic E-state index is 14.0. The van der Waals surface area contributed by atoms with Crippen molar-refractivity contribution >= 4 is 73.2 Å². The number of nitrogens with one attached hydrogen (secondary N) is 1. The SMILES string of the molecule is O=C1CC[C@H](c2coc3ccc4c(N5C(=O)CC[C@@H](c6coc7ccc8ccoc8c67)C5=O)coc4c23)C(=O)N1. The van der Waals surface area contributed by atoms with Crippen LogP contribution in [0, 0.1) is 0 Å². The van der Waals surface area contributed by atoms with E-state index in [1.54, 1.807) is 24.7 Å². The monoisotopic (exact) mass is 536 g/mol. The predicted molar refractivity (Wildman–Crippen MR) is 142 cm³/mol. The van der Waals surface area contributed by atoms with Crippen molar-refractivity contribution in [2.45, 2.75) is 37.5 Å². The Bertz CT molecular complexity index is 2050. The molecule has 2 saturated heterocycles. The van der Waals surface area contributed by atoms with E-state index in [2.05, 4.69) is 5.32 Å². The van der Waals surface area contributed by atoms with E-state index >= 15 is 0 Å². The Balaban J connectivity index is 1.23. The first-order chi connectivity index (χ1) is 19.5. The van der Waals surface area contributed by atoms with Gasteiger partial charge >= 0.3 is 0 Å². The van der Waals surface area contributed by atoms with Gasteiger partial charge in [0.15, 0.2) is 0 Å². The zero-order valence-corrected chi connectivity index (χ0v) is 20.9. The van der Waals surface area contributed by atoms with Crippen LogP contribution in [0.15, 0.2) is 73.1 Å². The first-order valence-corrected chi connectivity index (χ1v) is 13.0. The van der Waals surface area contributed by atoms with Crippen LogP contribution in [0.25, 0.3) is 43.9 Å². The number of fused-ring (bicyclic) bond motifs is 6. The first-order valence-electron chi connectivity index (χ1n) is 13.0. The topological polar surface area (TPSA) is 136 Å². The minimum absolute atomic E-state index is 0.152. The van der Waals surface area contributed by atoms with Crippen LogP contribution in [-0.4, -0.2) is 23.6 Å². The van der Waals surface area contributed by atoms with Crippen LogP contribution < -0.4 is 10.2 Å². The zero-order valence-electron chi connectivity index (χ0n) is 20.9. The molecule has 10 nitrogen and oxygen atoms in total. The molecule has 2 aromatic carbocycles. The molecule has 198 valence electrons. The number of carbonyl (C=O) groups is 4. The molecule has 40 heavy (non-hydrogen) atoms. The third-order valence-electron chi connectivity index (χ3n) is 8.12. The Kier molecular flexibility index (Phi) is 4.67. The molecule has 1 N–H and O–H groups in total. The molecule has 0 aliphatic carbocycles. The highest BCUT2D eigenvalue weighted by molar-refractivity contribution is 6.24. The minimum Gasteiger partial charge on any atom is -0.464 e. The van der Waals surface area contributed by atoms with Gasteiger partial charge in [-0.2, -0.15) is 0 Å². The van der Waals surface area contributed by atoms with Gasteiger partial charge in [0.25, 0.3) is 0 Å². The molecule has 2 fully saturated rings.